The minimum Gasteiger partial charge on any atom is -0.350 e. The smallest absolute Gasteiger partial charge is 0.243 e. The summed E-state index contributed by atoms with van der Waals surface area (Å²) >= 11 is 2.46. The van der Waals surface area contributed by atoms with Gasteiger partial charge in [0.2, 0.25) is 15.9 Å². The van der Waals surface area contributed by atoms with Crippen LogP contribution in [-0.4, -0.2) is 23.1 Å². The number of sulfonamides is 1. The molecule has 2 aromatic carbocycles. The minimum absolute atomic E-state index is 0.00395. The SMILES string of the molecule is O=C(NCc1cccs1)C(NS(=O)(=O)c1cccc2nsnc12)c1ccccc1. The molecule has 0 fully saturated rings. The molecule has 0 aliphatic rings. The molecule has 0 aliphatic heterocycles. The molecule has 29 heavy (non-hydrogen) atoms. The van der Waals surface area contributed by atoms with E-state index in [2.05, 4.69) is 18.8 Å². The fraction of sp³-hybridized carbons (Fsp3) is 0.105. The molecule has 7 nitrogen and oxygen atoms in total. The van der Waals surface area contributed by atoms with Gasteiger partial charge in [0.15, 0.2) is 0 Å². The summed E-state index contributed by atoms with van der Waals surface area (Å²) in [5.41, 5.74) is 1.33. The third-order valence-corrected chi connectivity index (χ3v) is 7.10. The van der Waals surface area contributed by atoms with Gasteiger partial charge in [-0.05, 0) is 29.1 Å². The van der Waals surface area contributed by atoms with Gasteiger partial charge in [-0.1, -0.05) is 42.5 Å². The van der Waals surface area contributed by atoms with Crippen LogP contribution in [0.15, 0.2) is 70.9 Å². The highest BCUT2D eigenvalue weighted by atomic mass is 32.2. The third-order valence-electron chi connectivity index (χ3n) is 4.22. The third kappa shape index (κ3) is 4.35. The lowest BCUT2D eigenvalue weighted by molar-refractivity contribution is -0.123. The summed E-state index contributed by atoms with van der Waals surface area (Å²) in [6.07, 6.45) is 0. The highest BCUT2D eigenvalue weighted by molar-refractivity contribution is 7.89. The van der Waals surface area contributed by atoms with Gasteiger partial charge in [0.25, 0.3) is 0 Å². The Morgan fingerprint density at radius 2 is 1.83 bits per heavy atom. The van der Waals surface area contributed by atoms with E-state index in [1.54, 1.807) is 42.5 Å². The first-order chi connectivity index (χ1) is 14.0. The predicted molar refractivity (Wildman–Crippen MR) is 113 cm³/mol. The predicted octanol–water partition coefficient (Wildman–Crippen LogP) is 3.09. The number of benzene rings is 2. The number of nitrogens with one attached hydrogen (secondary N) is 2. The minimum atomic E-state index is -4.03. The molecule has 0 saturated carbocycles. The van der Waals surface area contributed by atoms with Crippen LogP contribution in [0.1, 0.15) is 16.5 Å². The van der Waals surface area contributed by atoms with Crippen molar-refractivity contribution in [3.8, 4) is 0 Å². The van der Waals surface area contributed by atoms with Gasteiger partial charge >= 0.3 is 0 Å². The molecule has 0 aliphatic carbocycles. The summed E-state index contributed by atoms with van der Waals surface area (Å²) in [5.74, 6) is -0.434. The van der Waals surface area contributed by atoms with Gasteiger partial charge in [-0.25, -0.2) is 8.42 Å². The lowest BCUT2D eigenvalue weighted by Gasteiger charge is -2.19. The number of carbonyl (C=O) groups excluding carboxylic acids is 1. The zero-order valence-electron chi connectivity index (χ0n) is 15.0. The topological polar surface area (TPSA) is 101 Å². The van der Waals surface area contributed by atoms with Crippen LogP contribution < -0.4 is 10.0 Å². The van der Waals surface area contributed by atoms with Crippen molar-refractivity contribution >= 4 is 50.0 Å². The van der Waals surface area contributed by atoms with Crippen LogP contribution in [0.2, 0.25) is 0 Å². The molecule has 0 spiro atoms. The van der Waals surface area contributed by atoms with Crippen molar-refractivity contribution in [3.63, 3.8) is 0 Å². The second kappa shape index (κ2) is 8.37. The first-order valence-electron chi connectivity index (χ1n) is 8.63. The number of thiophene rings is 1. The van der Waals surface area contributed by atoms with E-state index in [9.17, 15) is 13.2 Å². The zero-order valence-corrected chi connectivity index (χ0v) is 17.4. The van der Waals surface area contributed by atoms with Gasteiger partial charge < -0.3 is 5.32 Å². The van der Waals surface area contributed by atoms with Gasteiger partial charge in [-0.3, -0.25) is 4.79 Å². The normalized spacial score (nSPS) is 12.7. The largest absolute Gasteiger partial charge is 0.350 e. The number of rotatable bonds is 7. The molecule has 148 valence electrons. The van der Waals surface area contributed by atoms with Gasteiger partial charge in [0.1, 0.15) is 22.0 Å². The molecule has 0 bridgehead atoms. The molecule has 4 rings (SSSR count). The van der Waals surface area contributed by atoms with Crippen molar-refractivity contribution < 1.29 is 13.2 Å². The van der Waals surface area contributed by atoms with Crippen molar-refractivity contribution in [1.82, 2.24) is 18.8 Å². The van der Waals surface area contributed by atoms with Crippen LogP contribution in [0, 0.1) is 0 Å². The second-order valence-electron chi connectivity index (χ2n) is 6.15. The van der Waals surface area contributed by atoms with Crippen LogP contribution in [0.25, 0.3) is 11.0 Å². The van der Waals surface area contributed by atoms with Crippen molar-refractivity contribution in [1.29, 1.82) is 0 Å². The second-order valence-corrected chi connectivity index (χ2v) is 9.39. The quantitative estimate of drug-likeness (QED) is 0.456. The maximum absolute atomic E-state index is 13.1. The van der Waals surface area contributed by atoms with Gasteiger partial charge in [0, 0.05) is 4.88 Å². The number of fused-ring (bicyclic) bond motifs is 1. The average molecular weight is 445 g/mol. The van der Waals surface area contributed by atoms with E-state index in [0.29, 0.717) is 17.6 Å². The number of hydrogen-bond donors (Lipinski definition) is 2. The highest BCUT2D eigenvalue weighted by Crippen LogP contribution is 2.24. The maximum Gasteiger partial charge on any atom is 0.243 e. The van der Waals surface area contributed by atoms with Crippen molar-refractivity contribution in [2.24, 2.45) is 0 Å². The van der Waals surface area contributed by atoms with Gasteiger partial charge in [-0.2, -0.15) is 13.5 Å². The van der Waals surface area contributed by atoms with E-state index < -0.39 is 22.0 Å². The zero-order chi connectivity index (χ0) is 20.3. The Balaban J connectivity index is 1.64. The van der Waals surface area contributed by atoms with Crippen LogP contribution in [0.5, 0.6) is 0 Å². The number of carbonyl (C=O) groups is 1. The van der Waals surface area contributed by atoms with Crippen molar-refractivity contribution in [2.75, 3.05) is 0 Å². The molecular weight excluding hydrogens is 428 g/mol. The first kappa shape index (κ1) is 19.6. The lowest BCUT2D eigenvalue weighted by Crippen LogP contribution is -2.40. The number of amides is 1. The molecule has 0 saturated heterocycles. The molecule has 1 amide bonds. The molecule has 2 aromatic heterocycles. The van der Waals surface area contributed by atoms with Crippen molar-refractivity contribution in [2.45, 2.75) is 17.5 Å². The molecule has 1 atom stereocenters. The summed E-state index contributed by atoms with van der Waals surface area (Å²) in [6.45, 7) is 0.327. The van der Waals surface area contributed by atoms with Crippen LogP contribution >= 0.6 is 23.1 Å². The van der Waals surface area contributed by atoms with Crippen LogP contribution in [0.4, 0.5) is 0 Å². The number of hydrogen-bond acceptors (Lipinski definition) is 7. The van der Waals surface area contributed by atoms with E-state index >= 15 is 0 Å². The first-order valence-corrected chi connectivity index (χ1v) is 11.7. The number of aromatic nitrogens is 2. The monoisotopic (exact) mass is 444 g/mol. The standard InChI is InChI=1S/C19H16N4O3S3/c24-19(20-12-14-8-5-11-27-14)17(13-6-2-1-3-7-13)23-29(25,26)16-10-4-9-15-18(16)22-28-21-15/h1-11,17,23H,12H2,(H,20,24). The average Bonchev–Trinajstić information content (AvgIpc) is 3.42. The maximum atomic E-state index is 13.1. The van der Waals surface area contributed by atoms with Crippen molar-refractivity contribution in [3.05, 3.63) is 76.5 Å². The summed E-state index contributed by atoms with van der Waals surface area (Å²) in [6, 6.07) is 16.2. The van der Waals surface area contributed by atoms with Gasteiger partial charge in [-0.15, -0.1) is 11.3 Å². The van der Waals surface area contributed by atoms with E-state index in [4.69, 9.17) is 0 Å². The van der Waals surface area contributed by atoms with Crippen LogP contribution in [0.3, 0.4) is 0 Å². The Hall–Kier alpha value is -2.66. The molecule has 10 heteroatoms. The van der Waals surface area contributed by atoms with E-state index in [-0.39, 0.29) is 10.4 Å². The summed E-state index contributed by atoms with van der Waals surface area (Å²) in [4.78, 5) is 13.9. The number of nitrogens with zero attached hydrogens (tertiary/aromatic N) is 2. The Bertz CT molecular complexity index is 1220. The molecule has 4 aromatic rings. The van der Waals surface area contributed by atoms with Crippen LogP contribution in [-0.2, 0) is 21.4 Å². The lowest BCUT2D eigenvalue weighted by atomic mass is 10.1. The fourth-order valence-electron chi connectivity index (χ4n) is 2.82. The summed E-state index contributed by atoms with van der Waals surface area (Å²) in [7, 11) is -4.03. The molecular formula is C19H16N4O3S3. The summed E-state index contributed by atoms with van der Waals surface area (Å²) < 4.78 is 36.9. The Kier molecular flexibility index (Phi) is 5.67. The molecule has 2 heterocycles. The van der Waals surface area contributed by atoms with Gasteiger partial charge in [0.05, 0.1) is 18.3 Å². The molecule has 2 N–H and O–H groups in total. The fourth-order valence-corrected chi connectivity index (χ4v) is 5.42. The van der Waals surface area contributed by atoms with E-state index in [1.165, 1.54) is 17.4 Å². The molecule has 1 unspecified atom stereocenters. The summed E-state index contributed by atoms with van der Waals surface area (Å²) in [5, 5.41) is 4.73. The Morgan fingerprint density at radius 3 is 2.59 bits per heavy atom. The highest BCUT2D eigenvalue weighted by Gasteiger charge is 2.29. The van der Waals surface area contributed by atoms with E-state index in [0.717, 1.165) is 16.6 Å². The Labute approximate surface area is 175 Å². The Morgan fingerprint density at radius 1 is 1.00 bits per heavy atom. The van der Waals surface area contributed by atoms with E-state index in [1.807, 2.05) is 17.5 Å². The molecule has 0 radical (unpaired) electrons.